The van der Waals surface area contributed by atoms with Gasteiger partial charge in [-0.25, -0.2) is 4.79 Å². The van der Waals surface area contributed by atoms with E-state index in [1.807, 2.05) is 0 Å². The maximum Gasteiger partial charge on any atom is 0.334 e. The predicted octanol–water partition coefficient (Wildman–Crippen LogP) is 2.78. The summed E-state index contributed by atoms with van der Waals surface area (Å²) in [4.78, 5) is 22.5. The van der Waals surface area contributed by atoms with E-state index in [9.17, 15) is 9.59 Å². The van der Waals surface area contributed by atoms with E-state index in [1.165, 1.54) is 6.42 Å². The van der Waals surface area contributed by atoms with Crippen LogP contribution in [0.1, 0.15) is 46.5 Å². The third-order valence-electron chi connectivity index (χ3n) is 5.62. The van der Waals surface area contributed by atoms with E-state index >= 15 is 0 Å². The molecule has 0 amide bonds. The number of fused-ring (bicyclic) bond motifs is 2. The van der Waals surface area contributed by atoms with Crippen molar-refractivity contribution >= 4 is 11.9 Å². The van der Waals surface area contributed by atoms with Crippen molar-refractivity contribution in [1.82, 2.24) is 0 Å². The van der Waals surface area contributed by atoms with Crippen LogP contribution in [0, 0.1) is 16.7 Å². The minimum Gasteiger partial charge on any atom is -0.481 e. The fourth-order valence-electron chi connectivity index (χ4n) is 3.78. The van der Waals surface area contributed by atoms with Crippen LogP contribution >= 0.6 is 0 Å². The van der Waals surface area contributed by atoms with Gasteiger partial charge in [-0.2, -0.15) is 0 Å². The van der Waals surface area contributed by atoms with Crippen molar-refractivity contribution < 1.29 is 19.4 Å². The summed E-state index contributed by atoms with van der Waals surface area (Å²) in [5.74, 6) is -1.03. The Labute approximate surface area is 113 Å². The number of hydrogen-bond acceptors (Lipinski definition) is 3. The van der Waals surface area contributed by atoms with Gasteiger partial charge in [0.1, 0.15) is 6.10 Å². The third-order valence-corrected chi connectivity index (χ3v) is 5.62. The van der Waals surface area contributed by atoms with Gasteiger partial charge in [-0.05, 0) is 30.6 Å². The zero-order chi connectivity index (χ0) is 14.4. The number of carbonyl (C=O) groups excluding carboxylic acids is 1. The van der Waals surface area contributed by atoms with E-state index in [0.29, 0.717) is 5.92 Å². The number of carbonyl (C=O) groups is 2. The highest BCUT2D eigenvalue weighted by Crippen LogP contribution is 2.66. The van der Waals surface area contributed by atoms with Crippen LogP contribution in [0.15, 0.2) is 12.2 Å². The molecule has 0 saturated heterocycles. The average Bonchev–Trinajstić information content (AvgIpc) is 2.61. The lowest BCUT2D eigenvalue weighted by molar-refractivity contribution is -0.153. The van der Waals surface area contributed by atoms with Crippen molar-refractivity contribution in [3.63, 3.8) is 0 Å². The monoisotopic (exact) mass is 266 g/mol. The van der Waals surface area contributed by atoms with Crippen LogP contribution in [0.3, 0.4) is 0 Å². The smallest absolute Gasteiger partial charge is 0.334 e. The van der Waals surface area contributed by atoms with Crippen LogP contribution in [0.2, 0.25) is 0 Å². The maximum absolute atomic E-state index is 11.9. The first-order chi connectivity index (χ1) is 8.68. The molecule has 0 aromatic rings. The highest BCUT2D eigenvalue weighted by Gasteiger charge is 2.62. The summed E-state index contributed by atoms with van der Waals surface area (Å²) in [6.45, 7) is 10.2. The molecule has 2 aliphatic rings. The van der Waals surface area contributed by atoms with E-state index in [1.54, 1.807) is 0 Å². The number of aliphatic carboxylic acids is 1. The summed E-state index contributed by atoms with van der Waals surface area (Å²) in [5, 5.41) is 8.66. The van der Waals surface area contributed by atoms with Crippen LogP contribution in [-0.2, 0) is 14.3 Å². The maximum atomic E-state index is 11.9. The molecular weight excluding hydrogens is 244 g/mol. The first kappa shape index (κ1) is 14.1. The summed E-state index contributed by atoms with van der Waals surface area (Å²) in [7, 11) is 0. The van der Waals surface area contributed by atoms with Crippen molar-refractivity contribution in [3.05, 3.63) is 12.2 Å². The molecule has 2 saturated carbocycles. The SMILES string of the molecule is C=C(CC(=O)O)C(=O)OC1CC2CCC1(C)C2(C)C. The van der Waals surface area contributed by atoms with Gasteiger partial charge >= 0.3 is 11.9 Å². The highest BCUT2D eigenvalue weighted by atomic mass is 16.5. The van der Waals surface area contributed by atoms with Gasteiger partial charge in [0, 0.05) is 11.0 Å². The van der Waals surface area contributed by atoms with E-state index < -0.39 is 11.9 Å². The molecule has 3 atom stereocenters. The Hall–Kier alpha value is -1.32. The Balaban J connectivity index is 2.04. The van der Waals surface area contributed by atoms with Crippen LogP contribution in [0.25, 0.3) is 0 Å². The van der Waals surface area contributed by atoms with Gasteiger partial charge in [-0.3, -0.25) is 4.79 Å². The van der Waals surface area contributed by atoms with Gasteiger partial charge in [0.05, 0.1) is 6.42 Å². The molecule has 4 heteroatoms. The topological polar surface area (TPSA) is 63.6 Å². The molecule has 4 nitrogen and oxygen atoms in total. The molecule has 2 bridgehead atoms. The zero-order valence-electron chi connectivity index (χ0n) is 11.9. The second-order valence-electron chi connectivity index (χ2n) is 6.68. The lowest BCUT2D eigenvalue weighted by Gasteiger charge is -2.38. The number of rotatable bonds is 4. The number of carboxylic acids is 1. The third kappa shape index (κ3) is 2.07. The van der Waals surface area contributed by atoms with Gasteiger partial charge in [-0.1, -0.05) is 27.4 Å². The summed E-state index contributed by atoms with van der Waals surface area (Å²) in [5.41, 5.74) is 0.194. The van der Waals surface area contributed by atoms with Crippen molar-refractivity contribution in [2.45, 2.75) is 52.6 Å². The Bertz CT molecular complexity index is 437. The van der Waals surface area contributed by atoms with Gasteiger partial charge < -0.3 is 9.84 Å². The molecule has 0 aromatic heterocycles. The van der Waals surface area contributed by atoms with Gasteiger partial charge in [0.15, 0.2) is 0 Å². The lowest BCUT2D eigenvalue weighted by atomic mass is 9.70. The van der Waals surface area contributed by atoms with Crippen LogP contribution in [-0.4, -0.2) is 23.1 Å². The molecular formula is C15H22O4. The summed E-state index contributed by atoms with van der Waals surface area (Å²) in [6, 6.07) is 0. The standard InChI is InChI=1S/C15H22O4/c1-9(7-12(16)17)13(18)19-11-8-10-5-6-15(11,4)14(10,2)3/h10-11H,1,5-8H2,2-4H3,(H,16,17). The fourth-order valence-corrected chi connectivity index (χ4v) is 3.78. The molecule has 0 radical (unpaired) electrons. The van der Waals surface area contributed by atoms with Crippen LogP contribution in [0.4, 0.5) is 0 Å². The van der Waals surface area contributed by atoms with E-state index in [-0.39, 0.29) is 28.9 Å². The molecule has 2 fully saturated rings. The number of ether oxygens (including phenoxy) is 1. The lowest BCUT2D eigenvalue weighted by Crippen LogP contribution is -2.38. The number of hydrogen-bond donors (Lipinski definition) is 1. The molecule has 0 aliphatic heterocycles. The van der Waals surface area contributed by atoms with Crippen molar-refractivity contribution in [1.29, 1.82) is 0 Å². The average molecular weight is 266 g/mol. The molecule has 2 aliphatic carbocycles. The second kappa shape index (κ2) is 4.36. The summed E-state index contributed by atoms with van der Waals surface area (Å²) in [6.07, 6.45) is 2.67. The second-order valence-corrected chi connectivity index (χ2v) is 6.68. The van der Waals surface area contributed by atoms with Crippen LogP contribution < -0.4 is 0 Å². The molecule has 19 heavy (non-hydrogen) atoms. The van der Waals surface area contributed by atoms with E-state index in [2.05, 4.69) is 27.4 Å². The Kier molecular flexibility index (Phi) is 3.23. The molecule has 2 rings (SSSR count). The number of esters is 1. The Morgan fingerprint density at radius 2 is 2.00 bits per heavy atom. The minimum absolute atomic E-state index is 0.00314. The summed E-state index contributed by atoms with van der Waals surface area (Å²) < 4.78 is 5.54. The van der Waals surface area contributed by atoms with Crippen molar-refractivity contribution in [3.8, 4) is 0 Å². The fraction of sp³-hybridized carbons (Fsp3) is 0.733. The highest BCUT2D eigenvalue weighted by molar-refractivity contribution is 5.92. The molecule has 0 spiro atoms. The van der Waals surface area contributed by atoms with E-state index in [4.69, 9.17) is 9.84 Å². The zero-order valence-corrected chi connectivity index (χ0v) is 11.9. The van der Waals surface area contributed by atoms with E-state index in [0.717, 1.165) is 12.8 Å². The normalized spacial score (nSPS) is 35.1. The largest absolute Gasteiger partial charge is 0.481 e. The molecule has 3 unspecified atom stereocenters. The Morgan fingerprint density at radius 3 is 2.42 bits per heavy atom. The summed E-state index contributed by atoms with van der Waals surface area (Å²) >= 11 is 0. The first-order valence-electron chi connectivity index (χ1n) is 6.79. The van der Waals surface area contributed by atoms with Crippen molar-refractivity contribution in [2.24, 2.45) is 16.7 Å². The molecule has 106 valence electrons. The molecule has 0 heterocycles. The molecule has 1 N–H and O–H groups in total. The van der Waals surface area contributed by atoms with Gasteiger partial charge in [0.2, 0.25) is 0 Å². The minimum atomic E-state index is -1.05. The van der Waals surface area contributed by atoms with Crippen LogP contribution in [0.5, 0.6) is 0 Å². The molecule has 0 aromatic carbocycles. The predicted molar refractivity (Wildman–Crippen MR) is 70.5 cm³/mol. The first-order valence-corrected chi connectivity index (χ1v) is 6.79. The Morgan fingerprint density at radius 1 is 1.37 bits per heavy atom. The van der Waals surface area contributed by atoms with Crippen molar-refractivity contribution in [2.75, 3.05) is 0 Å². The quantitative estimate of drug-likeness (QED) is 0.627. The van der Waals surface area contributed by atoms with Gasteiger partial charge in [0.25, 0.3) is 0 Å². The number of carboxylic acid groups (broad SMARTS) is 1. The van der Waals surface area contributed by atoms with Gasteiger partial charge in [-0.15, -0.1) is 0 Å².